The molecule has 0 amide bonds. The minimum Gasteiger partial charge on any atom is -0.334 e. The minimum absolute atomic E-state index is 0.0696. The highest BCUT2D eigenvalue weighted by Crippen LogP contribution is 2.55. The van der Waals surface area contributed by atoms with Crippen LogP contribution in [0.15, 0.2) is 255 Å². The minimum atomic E-state index is -0.255. The van der Waals surface area contributed by atoms with Gasteiger partial charge in [-0.2, -0.15) is 0 Å². The van der Waals surface area contributed by atoms with Gasteiger partial charge < -0.3 is 4.90 Å². The quantitative estimate of drug-likeness (QED) is 0.132. The highest BCUT2D eigenvalue weighted by atomic mass is 15.2. The molecule has 0 saturated heterocycles. The van der Waals surface area contributed by atoms with Crippen LogP contribution in [-0.2, 0) is 5.41 Å². The highest BCUT2D eigenvalue weighted by molar-refractivity contribution is 6.03. The first-order valence-corrected chi connectivity index (χ1v) is 26.5. The third kappa shape index (κ3) is 7.96. The Labute approximate surface area is 431 Å². The summed E-state index contributed by atoms with van der Waals surface area (Å²) in [6.45, 7) is 2.41. The normalized spacial score (nSPS) is 17.2. The zero-order valence-electron chi connectivity index (χ0n) is 41.6. The van der Waals surface area contributed by atoms with Gasteiger partial charge in [0.25, 0.3) is 0 Å². The maximum absolute atomic E-state index is 2.62. The van der Waals surface area contributed by atoms with Crippen LogP contribution in [-0.4, -0.2) is 6.04 Å². The van der Waals surface area contributed by atoms with Crippen LogP contribution in [0.4, 0.5) is 11.4 Å². The van der Waals surface area contributed by atoms with E-state index in [1.807, 2.05) is 0 Å². The summed E-state index contributed by atoms with van der Waals surface area (Å²) in [5, 5.41) is 2.74. The molecule has 73 heavy (non-hydrogen) atoms. The smallest absolute Gasteiger partial charge is 0.0560 e. The molecule has 3 aliphatic carbocycles. The lowest BCUT2D eigenvalue weighted by atomic mass is 9.74. The maximum atomic E-state index is 2.62. The number of anilines is 2. The molecule has 2 unspecified atom stereocenters. The van der Waals surface area contributed by atoms with Gasteiger partial charge in [-0.25, -0.2) is 0 Å². The van der Waals surface area contributed by atoms with E-state index in [1.54, 1.807) is 0 Å². The molecule has 1 fully saturated rings. The van der Waals surface area contributed by atoms with E-state index >= 15 is 0 Å². The lowest BCUT2D eigenvalue weighted by Crippen LogP contribution is -2.30. The summed E-state index contributed by atoms with van der Waals surface area (Å²) in [7, 11) is 0. The molecule has 2 atom stereocenters. The van der Waals surface area contributed by atoms with Crippen LogP contribution in [0, 0.1) is 0 Å². The highest BCUT2D eigenvalue weighted by Gasteiger charge is 2.41. The van der Waals surface area contributed by atoms with E-state index < -0.39 is 0 Å². The van der Waals surface area contributed by atoms with Crippen molar-refractivity contribution in [2.45, 2.75) is 62.8 Å². The summed E-state index contributed by atoms with van der Waals surface area (Å²) in [4.78, 5) is 2.62. The first-order chi connectivity index (χ1) is 36.1. The number of hydrogen-bond donors (Lipinski definition) is 0. The number of benzene rings is 10. The third-order valence-corrected chi connectivity index (χ3v) is 16.5. The van der Waals surface area contributed by atoms with Crippen molar-refractivity contribution < 1.29 is 0 Å². The van der Waals surface area contributed by atoms with Crippen LogP contribution < -0.4 is 4.90 Å². The molecule has 0 aliphatic heterocycles. The molecule has 0 N–H and O–H groups in total. The maximum Gasteiger partial charge on any atom is 0.0560 e. The molecule has 0 aromatic heterocycles. The topological polar surface area (TPSA) is 3.24 Å². The van der Waals surface area contributed by atoms with E-state index in [9.17, 15) is 0 Å². The standard InChI is InChI=1S/C72H59N/c1-72(57-29-12-5-13-30-57)67-36-16-14-32-65(67)71-62(34-20-37-68(71)72)54-41-46-59(47-42-54)73(69-38-17-15-31-63(69)64-35-19-28-55-27-18-33-61(70(55)64)52-23-8-3-9-24-52)58-44-39-50(40-45-58)56-43-48-60(51-21-6-2-7-22-51)66(49-56)53-25-10-4-11-26-53/h2,4-7,10-22,25-44,46-49,52,58H,3,8-9,23-24,45H2,1H3. The monoisotopic (exact) mass is 937 g/mol. The fourth-order valence-corrected chi connectivity index (χ4v) is 12.9. The van der Waals surface area contributed by atoms with Gasteiger partial charge in [-0.05, 0) is 151 Å². The van der Waals surface area contributed by atoms with Crippen molar-refractivity contribution in [2.24, 2.45) is 0 Å². The predicted octanol–water partition coefficient (Wildman–Crippen LogP) is 19.4. The Morgan fingerprint density at radius 3 is 1.77 bits per heavy atom. The van der Waals surface area contributed by atoms with E-state index in [0.717, 1.165) is 6.42 Å². The Balaban J connectivity index is 0.925. The molecule has 13 rings (SSSR count). The van der Waals surface area contributed by atoms with Gasteiger partial charge in [0.2, 0.25) is 0 Å². The zero-order chi connectivity index (χ0) is 48.7. The summed E-state index contributed by atoms with van der Waals surface area (Å²) in [5.41, 5.74) is 22.9. The summed E-state index contributed by atoms with van der Waals surface area (Å²) in [6.07, 6.45) is 14.6. The van der Waals surface area contributed by atoms with Gasteiger partial charge in [-0.1, -0.05) is 250 Å². The van der Waals surface area contributed by atoms with Gasteiger partial charge in [0, 0.05) is 22.4 Å². The Morgan fingerprint density at radius 2 is 1.03 bits per heavy atom. The van der Waals surface area contributed by atoms with Crippen molar-refractivity contribution in [1.82, 2.24) is 0 Å². The molecule has 10 aromatic rings. The van der Waals surface area contributed by atoms with Crippen LogP contribution in [0.2, 0.25) is 0 Å². The largest absolute Gasteiger partial charge is 0.334 e. The lowest BCUT2D eigenvalue weighted by Gasteiger charge is -2.35. The Morgan fingerprint density at radius 1 is 0.438 bits per heavy atom. The summed E-state index contributed by atoms with van der Waals surface area (Å²) >= 11 is 0. The summed E-state index contributed by atoms with van der Waals surface area (Å²) in [5.74, 6) is 0.584. The van der Waals surface area contributed by atoms with Crippen LogP contribution in [0.5, 0.6) is 0 Å². The lowest BCUT2D eigenvalue weighted by molar-refractivity contribution is 0.445. The second-order valence-corrected chi connectivity index (χ2v) is 20.6. The average Bonchev–Trinajstić information content (AvgIpc) is 3.76. The molecular formula is C72H59N. The van der Waals surface area contributed by atoms with Crippen molar-refractivity contribution in [2.75, 3.05) is 4.90 Å². The van der Waals surface area contributed by atoms with Gasteiger partial charge in [-0.3, -0.25) is 0 Å². The Bertz CT molecular complexity index is 3680. The third-order valence-electron chi connectivity index (χ3n) is 16.5. The number of hydrogen-bond acceptors (Lipinski definition) is 1. The number of para-hydroxylation sites is 1. The SMILES string of the molecule is CC1(c2ccccc2)c2ccccc2-c2c(-c3ccc(N(c4ccccc4-c4cccc5cccc(C6CCCCC6)c45)C4C=CC(c5ccc(-c6ccccc6)c(-c6ccccc6)c5)=CC4)cc3)cccc21. The predicted molar refractivity (Wildman–Crippen MR) is 309 cm³/mol. The van der Waals surface area contributed by atoms with Crippen LogP contribution in [0.3, 0.4) is 0 Å². The first-order valence-electron chi connectivity index (χ1n) is 26.5. The first kappa shape index (κ1) is 44.7. The second kappa shape index (κ2) is 19.1. The molecule has 1 heteroatoms. The molecular weight excluding hydrogens is 879 g/mol. The fourth-order valence-electron chi connectivity index (χ4n) is 12.9. The van der Waals surface area contributed by atoms with Gasteiger partial charge in [0.15, 0.2) is 0 Å². The Hall–Kier alpha value is -8.26. The molecule has 0 radical (unpaired) electrons. The van der Waals surface area contributed by atoms with Crippen molar-refractivity contribution in [3.05, 3.63) is 283 Å². The van der Waals surface area contributed by atoms with Crippen molar-refractivity contribution >= 4 is 27.7 Å². The van der Waals surface area contributed by atoms with E-state index in [2.05, 4.69) is 267 Å². The second-order valence-electron chi connectivity index (χ2n) is 20.6. The van der Waals surface area contributed by atoms with E-state index in [4.69, 9.17) is 0 Å². The number of rotatable bonds is 10. The zero-order valence-corrected chi connectivity index (χ0v) is 41.6. The molecule has 1 nitrogen and oxygen atoms in total. The van der Waals surface area contributed by atoms with Gasteiger partial charge in [0.05, 0.1) is 6.04 Å². The number of nitrogens with zero attached hydrogens (tertiary/aromatic N) is 1. The average molecular weight is 938 g/mol. The van der Waals surface area contributed by atoms with E-state index in [0.29, 0.717) is 5.92 Å². The molecule has 0 heterocycles. The molecule has 3 aliphatic rings. The van der Waals surface area contributed by atoms with Crippen LogP contribution in [0.1, 0.15) is 79.2 Å². The summed E-state index contributed by atoms with van der Waals surface area (Å²) < 4.78 is 0. The van der Waals surface area contributed by atoms with Crippen molar-refractivity contribution in [3.63, 3.8) is 0 Å². The van der Waals surface area contributed by atoms with Crippen molar-refractivity contribution in [3.8, 4) is 55.6 Å². The number of allylic oxidation sites excluding steroid dienone is 2. The van der Waals surface area contributed by atoms with Crippen LogP contribution in [0.25, 0.3) is 72.0 Å². The van der Waals surface area contributed by atoms with E-state index in [-0.39, 0.29) is 11.5 Å². The molecule has 0 bridgehead atoms. The van der Waals surface area contributed by atoms with E-state index in [1.165, 1.54) is 143 Å². The Kier molecular flexibility index (Phi) is 11.7. The fraction of sp³-hybridized carbons (Fsp3) is 0.139. The molecule has 0 spiro atoms. The molecule has 10 aromatic carbocycles. The molecule has 352 valence electrons. The van der Waals surface area contributed by atoms with Crippen molar-refractivity contribution in [1.29, 1.82) is 0 Å². The van der Waals surface area contributed by atoms with Gasteiger partial charge in [-0.15, -0.1) is 0 Å². The summed E-state index contributed by atoms with van der Waals surface area (Å²) in [6, 6.07) is 88.4. The van der Waals surface area contributed by atoms with Crippen LogP contribution >= 0.6 is 0 Å². The van der Waals surface area contributed by atoms with Gasteiger partial charge >= 0.3 is 0 Å². The molecule has 1 saturated carbocycles. The number of fused-ring (bicyclic) bond motifs is 4. The van der Waals surface area contributed by atoms with Gasteiger partial charge in [0.1, 0.15) is 0 Å².